The molecule has 0 rings (SSSR count). The Morgan fingerprint density at radius 1 is 1.43 bits per heavy atom. The third-order valence-corrected chi connectivity index (χ3v) is 1.70. The van der Waals surface area contributed by atoms with Crippen LogP contribution in [0.3, 0.4) is 0 Å². The highest BCUT2D eigenvalue weighted by Crippen LogP contribution is 2.10. The number of carbonyl (C=O) groups excluding carboxylic acids is 3. The lowest BCUT2D eigenvalue weighted by atomic mass is 9.97. The van der Waals surface area contributed by atoms with E-state index in [-0.39, 0.29) is 18.6 Å². The Hall–Kier alpha value is -1.45. The maximum absolute atomic E-state index is 11.4. The molecule has 0 aliphatic rings. The molecule has 0 bridgehead atoms. The number of methoxy groups -OCH3 is 1. The van der Waals surface area contributed by atoms with Crippen LogP contribution in [0.2, 0.25) is 0 Å². The summed E-state index contributed by atoms with van der Waals surface area (Å²) in [7, 11) is 1.21. The molecule has 0 N–H and O–H groups in total. The molecule has 0 heterocycles. The van der Waals surface area contributed by atoms with Crippen LogP contribution in [0.25, 0.3) is 0 Å². The number of ether oxygens (including phenoxy) is 1. The summed E-state index contributed by atoms with van der Waals surface area (Å²) < 4.78 is 4.45. The van der Waals surface area contributed by atoms with Gasteiger partial charge in [0, 0.05) is 0 Å². The summed E-state index contributed by atoms with van der Waals surface area (Å²) in [5.74, 6) is -2.17. The second-order valence-corrected chi connectivity index (χ2v) is 2.95. The lowest BCUT2D eigenvalue weighted by Gasteiger charge is -2.09. The van der Waals surface area contributed by atoms with Crippen molar-refractivity contribution in [2.75, 3.05) is 7.11 Å². The molecular weight excluding hydrogens is 184 g/mol. The first kappa shape index (κ1) is 12.6. The van der Waals surface area contributed by atoms with E-state index in [1.54, 1.807) is 0 Å². The van der Waals surface area contributed by atoms with Gasteiger partial charge in [0.25, 0.3) is 0 Å². The van der Waals surface area contributed by atoms with Gasteiger partial charge in [-0.25, -0.2) is 0 Å². The van der Waals surface area contributed by atoms with Crippen LogP contribution in [-0.2, 0) is 19.1 Å². The summed E-state index contributed by atoms with van der Waals surface area (Å²) in [6.07, 6.45) is 1.44. The maximum Gasteiger partial charge on any atom is 0.316 e. The van der Waals surface area contributed by atoms with Crippen LogP contribution >= 0.6 is 0 Å². The zero-order chi connectivity index (χ0) is 11.1. The first-order valence-corrected chi connectivity index (χ1v) is 4.23. The summed E-state index contributed by atoms with van der Waals surface area (Å²) in [4.78, 5) is 33.2. The molecule has 1 unspecified atom stereocenters. The van der Waals surface area contributed by atoms with Gasteiger partial charge in [0.15, 0.2) is 5.78 Å². The van der Waals surface area contributed by atoms with Crippen molar-refractivity contribution in [3.63, 3.8) is 0 Å². The highest BCUT2D eigenvalue weighted by Gasteiger charge is 2.26. The van der Waals surface area contributed by atoms with Crippen molar-refractivity contribution in [1.29, 1.82) is 0 Å². The van der Waals surface area contributed by atoms with Gasteiger partial charge in [0.05, 0.1) is 13.5 Å². The average Bonchev–Trinajstić information content (AvgIpc) is 2.11. The van der Waals surface area contributed by atoms with Gasteiger partial charge in [0.2, 0.25) is 0 Å². The van der Waals surface area contributed by atoms with E-state index in [1.165, 1.54) is 20.1 Å². The summed E-state index contributed by atoms with van der Waals surface area (Å²) >= 11 is 0. The van der Waals surface area contributed by atoms with Gasteiger partial charge >= 0.3 is 5.97 Å². The Labute approximate surface area is 82.9 Å². The quantitative estimate of drug-likeness (QED) is 0.361. The number of hydrogen-bond donors (Lipinski definition) is 0. The van der Waals surface area contributed by atoms with E-state index < -0.39 is 17.7 Å². The molecule has 78 valence electrons. The topological polar surface area (TPSA) is 60.4 Å². The highest BCUT2D eigenvalue weighted by molar-refractivity contribution is 6.07. The van der Waals surface area contributed by atoms with Gasteiger partial charge in [-0.05, 0) is 13.3 Å². The molecule has 0 radical (unpaired) electrons. The highest BCUT2D eigenvalue weighted by atomic mass is 16.5. The van der Waals surface area contributed by atoms with Crippen LogP contribution in [0, 0.1) is 5.92 Å². The van der Waals surface area contributed by atoms with Gasteiger partial charge in [-0.1, -0.05) is 6.08 Å². The van der Waals surface area contributed by atoms with Crippen LogP contribution < -0.4 is 0 Å². The summed E-state index contributed by atoms with van der Waals surface area (Å²) in [5, 5.41) is 0. The first-order valence-electron chi connectivity index (χ1n) is 4.23. The Kier molecular flexibility index (Phi) is 5.44. The third-order valence-electron chi connectivity index (χ3n) is 1.70. The minimum atomic E-state index is -0.888. The number of rotatable bonds is 6. The second kappa shape index (κ2) is 6.07. The molecule has 0 aliphatic heterocycles. The predicted octanol–water partition coefficient (Wildman–Crippen LogP) is 0.900. The molecule has 0 amide bonds. The smallest absolute Gasteiger partial charge is 0.316 e. The number of allylic oxidation sites excluding steroid dienone is 1. The average molecular weight is 198 g/mol. The second-order valence-electron chi connectivity index (χ2n) is 2.95. The predicted molar refractivity (Wildman–Crippen MR) is 50.6 cm³/mol. The molecule has 0 saturated carbocycles. The SMILES string of the molecule is C=CCC(C(=O)CC(C)=O)C(=O)OC. The standard InChI is InChI=1S/C10H14O4/c1-4-5-8(10(13)14-3)9(12)6-7(2)11/h4,8H,1,5-6H2,2-3H3. The van der Waals surface area contributed by atoms with E-state index in [9.17, 15) is 14.4 Å². The zero-order valence-corrected chi connectivity index (χ0v) is 8.41. The minimum Gasteiger partial charge on any atom is -0.468 e. The van der Waals surface area contributed by atoms with Crippen LogP contribution in [0.4, 0.5) is 0 Å². The Morgan fingerprint density at radius 2 is 2.00 bits per heavy atom. The Morgan fingerprint density at radius 3 is 2.36 bits per heavy atom. The lowest BCUT2D eigenvalue weighted by molar-refractivity contribution is -0.149. The number of Topliss-reactive ketones (excluding diaryl/α,β-unsaturated/α-hetero) is 2. The van der Waals surface area contributed by atoms with Crippen molar-refractivity contribution < 1.29 is 19.1 Å². The summed E-state index contributed by atoms with van der Waals surface area (Å²) in [5.41, 5.74) is 0. The van der Waals surface area contributed by atoms with Gasteiger partial charge < -0.3 is 4.74 Å². The fourth-order valence-corrected chi connectivity index (χ4v) is 1.04. The fourth-order valence-electron chi connectivity index (χ4n) is 1.04. The molecule has 0 spiro atoms. The minimum absolute atomic E-state index is 0.207. The van der Waals surface area contributed by atoms with E-state index in [0.29, 0.717) is 0 Å². The Bertz CT molecular complexity index is 255. The van der Waals surface area contributed by atoms with Gasteiger partial charge in [-0.15, -0.1) is 6.58 Å². The van der Waals surface area contributed by atoms with E-state index in [0.717, 1.165) is 0 Å². The van der Waals surface area contributed by atoms with Crippen LogP contribution in [-0.4, -0.2) is 24.6 Å². The van der Waals surface area contributed by atoms with Crippen LogP contribution in [0.1, 0.15) is 19.8 Å². The maximum atomic E-state index is 11.4. The van der Waals surface area contributed by atoms with E-state index >= 15 is 0 Å². The molecular formula is C10H14O4. The van der Waals surface area contributed by atoms with Crippen molar-refractivity contribution in [2.24, 2.45) is 5.92 Å². The molecule has 4 heteroatoms. The molecule has 14 heavy (non-hydrogen) atoms. The molecule has 0 saturated heterocycles. The molecule has 0 fully saturated rings. The Balaban J connectivity index is 4.47. The third kappa shape index (κ3) is 3.98. The number of hydrogen-bond acceptors (Lipinski definition) is 4. The zero-order valence-electron chi connectivity index (χ0n) is 8.41. The molecule has 0 aromatic carbocycles. The number of carbonyl (C=O) groups is 3. The van der Waals surface area contributed by atoms with Gasteiger partial charge in [0.1, 0.15) is 11.7 Å². The van der Waals surface area contributed by atoms with Crippen LogP contribution in [0.15, 0.2) is 12.7 Å². The first-order chi connectivity index (χ1) is 6.52. The fraction of sp³-hybridized carbons (Fsp3) is 0.500. The van der Waals surface area contributed by atoms with Crippen molar-refractivity contribution in [1.82, 2.24) is 0 Å². The van der Waals surface area contributed by atoms with Gasteiger partial charge in [-0.2, -0.15) is 0 Å². The largest absolute Gasteiger partial charge is 0.468 e. The van der Waals surface area contributed by atoms with Gasteiger partial charge in [-0.3, -0.25) is 14.4 Å². The van der Waals surface area contributed by atoms with Crippen molar-refractivity contribution in [2.45, 2.75) is 19.8 Å². The molecule has 0 aliphatic carbocycles. The van der Waals surface area contributed by atoms with Crippen molar-refractivity contribution in [3.05, 3.63) is 12.7 Å². The van der Waals surface area contributed by atoms with Crippen molar-refractivity contribution in [3.8, 4) is 0 Å². The summed E-state index contributed by atoms with van der Waals surface area (Å²) in [6.45, 7) is 4.74. The van der Waals surface area contributed by atoms with E-state index in [2.05, 4.69) is 11.3 Å². The van der Waals surface area contributed by atoms with E-state index in [1.807, 2.05) is 0 Å². The molecule has 4 nitrogen and oxygen atoms in total. The normalized spacial score (nSPS) is 11.6. The molecule has 0 aromatic heterocycles. The lowest BCUT2D eigenvalue weighted by Crippen LogP contribution is -2.26. The van der Waals surface area contributed by atoms with E-state index in [4.69, 9.17) is 0 Å². The summed E-state index contributed by atoms with van der Waals surface area (Å²) in [6, 6.07) is 0. The number of ketones is 2. The molecule has 1 atom stereocenters. The molecule has 0 aromatic rings. The monoisotopic (exact) mass is 198 g/mol. The number of esters is 1. The van der Waals surface area contributed by atoms with Crippen LogP contribution in [0.5, 0.6) is 0 Å². The van der Waals surface area contributed by atoms with Crippen molar-refractivity contribution >= 4 is 17.5 Å².